The maximum absolute atomic E-state index is 13.3. The lowest BCUT2D eigenvalue weighted by Gasteiger charge is -2.36. The SMILES string of the molecule is CSC(=NS(=O)(=O)c1ccc(-n2nc(C(F)(F)F)cc2-c2cccs2)cc1)N1C[C@@H](C)C[C@H](C)C1. The molecule has 0 bridgehead atoms. The van der Waals surface area contributed by atoms with E-state index in [1.165, 1.54) is 52.0 Å². The van der Waals surface area contributed by atoms with Gasteiger partial charge < -0.3 is 4.90 Å². The number of nitrogens with zero attached hydrogens (tertiary/aromatic N) is 4. The van der Waals surface area contributed by atoms with Crippen LogP contribution in [0.5, 0.6) is 0 Å². The van der Waals surface area contributed by atoms with E-state index in [1.807, 2.05) is 4.90 Å². The fraction of sp³-hybridized carbons (Fsp3) is 0.391. The molecular weight excluding hydrogens is 517 g/mol. The van der Waals surface area contributed by atoms with Crippen LogP contribution < -0.4 is 0 Å². The number of hydrogen-bond donors (Lipinski definition) is 0. The van der Waals surface area contributed by atoms with Gasteiger partial charge in [0.2, 0.25) is 0 Å². The van der Waals surface area contributed by atoms with E-state index < -0.39 is 21.9 Å². The summed E-state index contributed by atoms with van der Waals surface area (Å²) < 4.78 is 71.4. The van der Waals surface area contributed by atoms with Gasteiger partial charge >= 0.3 is 6.18 Å². The minimum Gasteiger partial charge on any atom is -0.350 e. The summed E-state index contributed by atoms with van der Waals surface area (Å²) in [6.07, 6.45) is -1.72. The van der Waals surface area contributed by atoms with Crippen LogP contribution in [0.4, 0.5) is 13.2 Å². The molecule has 0 spiro atoms. The average molecular weight is 543 g/mol. The van der Waals surface area contributed by atoms with Crippen molar-refractivity contribution >= 4 is 38.3 Å². The minimum absolute atomic E-state index is 0.0354. The molecule has 0 saturated carbocycles. The molecule has 1 aliphatic heterocycles. The van der Waals surface area contributed by atoms with Gasteiger partial charge in [-0.25, -0.2) is 4.68 Å². The molecule has 188 valence electrons. The zero-order chi connectivity index (χ0) is 25.4. The van der Waals surface area contributed by atoms with E-state index in [0.29, 0.717) is 27.6 Å². The summed E-state index contributed by atoms with van der Waals surface area (Å²) in [5.41, 5.74) is -0.425. The van der Waals surface area contributed by atoms with Gasteiger partial charge in [-0.1, -0.05) is 31.7 Å². The van der Waals surface area contributed by atoms with Gasteiger partial charge in [-0.05, 0) is 66.3 Å². The smallest absolute Gasteiger partial charge is 0.350 e. The first-order chi connectivity index (χ1) is 16.5. The summed E-state index contributed by atoms with van der Waals surface area (Å²) in [7, 11) is -4.01. The number of hydrogen-bond acceptors (Lipinski definition) is 5. The number of rotatable bonds is 4. The predicted octanol–water partition coefficient (Wildman–Crippen LogP) is 6.01. The molecule has 0 N–H and O–H groups in total. The summed E-state index contributed by atoms with van der Waals surface area (Å²) in [6, 6.07) is 10.0. The molecule has 3 heterocycles. The fourth-order valence-corrected chi connectivity index (χ4v) is 6.91. The van der Waals surface area contributed by atoms with Crippen molar-refractivity contribution in [3.63, 3.8) is 0 Å². The molecule has 4 rings (SSSR count). The number of sulfonamides is 1. The molecule has 1 saturated heterocycles. The maximum Gasteiger partial charge on any atom is 0.435 e. The van der Waals surface area contributed by atoms with Gasteiger partial charge in [0.25, 0.3) is 10.0 Å². The van der Waals surface area contributed by atoms with E-state index >= 15 is 0 Å². The zero-order valence-corrected chi connectivity index (χ0v) is 21.8. The van der Waals surface area contributed by atoms with Crippen molar-refractivity contribution in [1.82, 2.24) is 14.7 Å². The molecule has 0 amide bonds. The molecule has 6 nitrogen and oxygen atoms in total. The fourth-order valence-electron chi connectivity index (χ4n) is 4.27. The molecule has 0 radical (unpaired) electrons. The van der Waals surface area contributed by atoms with Crippen LogP contribution in [0.1, 0.15) is 26.0 Å². The number of alkyl halides is 3. The largest absolute Gasteiger partial charge is 0.435 e. The highest BCUT2D eigenvalue weighted by atomic mass is 32.2. The van der Waals surface area contributed by atoms with Crippen LogP contribution in [0.2, 0.25) is 0 Å². The molecule has 1 aliphatic rings. The second-order valence-corrected chi connectivity index (χ2v) is 12.0. The Morgan fingerprint density at radius 3 is 2.34 bits per heavy atom. The molecular formula is C23H25F3N4O2S3. The summed E-state index contributed by atoms with van der Waals surface area (Å²) in [6.45, 7) is 5.76. The number of halogens is 3. The molecule has 2 atom stereocenters. The van der Waals surface area contributed by atoms with Crippen LogP contribution in [-0.4, -0.2) is 47.6 Å². The number of aromatic nitrogens is 2. The molecule has 3 aromatic rings. The molecule has 35 heavy (non-hydrogen) atoms. The van der Waals surface area contributed by atoms with Crippen LogP contribution in [0.15, 0.2) is 57.1 Å². The lowest BCUT2D eigenvalue weighted by atomic mass is 9.92. The Balaban J connectivity index is 1.66. The van der Waals surface area contributed by atoms with Crippen LogP contribution in [0.25, 0.3) is 16.3 Å². The Hall–Kier alpha value is -2.31. The highest BCUT2D eigenvalue weighted by Gasteiger charge is 2.35. The third-order valence-corrected chi connectivity index (χ3v) is 8.68. The molecule has 0 aliphatic carbocycles. The van der Waals surface area contributed by atoms with E-state index in [9.17, 15) is 21.6 Å². The Morgan fingerprint density at radius 2 is 1.80 bits per heavy atom. The lowest BCUT2D eigenvalue weighted by Crippen LogP contribution is -2.41. The Labute approximate surface area is 210 Å². The van der Waals surface area contributed by atoms with Gasteiger partial charge in [0.15, 0.2) is 10.9 Å². The first-order valence-electron chi connectivity index (χ1n) is 10.9. The number of amidine groups is 1. The summed E-state index contributed by atoms with van der Waals surface area (Å²) in [5, 5.41) is 5.95. The number of thiophene rings is 1. The highest BCUT2D eigenvalue weighted by molar-refractivity contribution is 8.13. The van der Waals surface area contributed by atoms with Crippen LogP contribution in [-0.2, 0) is 16.2 Å². The first-order valence-corrected chi connectivity index (χ1v) is 14.5. The monoisotopic (exact) mass is 542 g/mol. The molecule has 1 aromatic carbocycles. The first kappa shape index (κ1) is 25.8. The molecule has 2 aromatic heterocycles. The Kier molecular flexibility index (Phi) is 7.35. The third-order valence-electron chi connectivity index (χ3n) is 5.67. The van der Waals surface area contributed by atoms with Crippen molar-refractivity contribution in [2.45, 2.75) is 31.3 Å². The Morgan fingerprint density at radius 1 is 1.14 bits per heavy atom. The van der Waals surface area contributed by atoms with E-state index in [4.69, 9.17) is 0 Å². The third kappa shape index (κ3) is 5.75. The number of thioether (sulfide) groups is 1. The van der Waals surface area contributed by atoms with E-state index in [2.05, 4.69) is 23.3 Å². The van der Waals surface area contributed by atoms with Gasteiger partial charge in [0, 0.05) is 13.1 Å². The molecule has 12 heteroatoms. The summed E-state index contributed by atoms with van der Waals surface area (Å²) >= 11 is 2.58. The minimum atomic E-state index is -4.60. The van der Waals surface area contributed by atoms with E-state index in [-0.39, 0.29) is 10.6 Å². The molecule has 1 fully saturated rings. The number of piperidine rings is 1. The second kappa shape index (κ2) is 9.98. The highest BCUT2D eigenvalue weighted by Crippen LogP contribution is 2.35. The zero-order valence-electron chi connectivity index (χ0n) is 19.4. The summed E-state index contributed by atoms with van der Waals surface area (Å²) in [5.74, 6) is 0.873. The number of benzene rings is 1. The van der Waals surface area contributed by atoms with Crippen molar-refractivity contribution in [2.24, 2.45) is 16.2 Å². The maximum atomic E-state index is 13.3. The van der Waals surface area contributed by atoms with Crippen molar-refractivity contribution in [3.8, 4) is 16.3 Å². The topological polar surface area (TPSA) is 67.6 Å². The van der Waals surface area contributed by atoms with Crippen molar-refractivity contribution in [2.75, 3.05) is 19.3 Å². The van der Waals surface area contributed by atoms with E-state index in [0.717, 1.165) is 25.6 Å². The quantitative estimate of drug-likeness (QED) is 0.299. The normalized spacial score (nSPS) is 19.8. The average Bonchev–Trinajstić information content (AvgIpc) is 3.46. The van der Waals surface area contributed by atoms with Gasteiger partial charge in [-0.3, -0.25) is 0 Å². The van der Waals surface area contributed by atoms with Gasteiger partial charge in [-0.15, -0.1) is 15.7 Å². The van der Waals surface area contributed by atoms with Crippen LogP contribution >= 0.6 is 23.1 Å². The number of likely N-dealkylation sites (tertiary alicyclic amines) is 1. The van der Waals surface area contributed by atoms with Crippen LogP contribution in [0, 0.1) is 11.8 Å². The molecule has 0 unspecified atom stereocenters. The van der Waals surface area contributed by atoms with Crippen LogP contribution in [0.3, 0.4) is 0 Å². The van der Waals surface area contributed by atoms with Crippen molar-refractivity contribution in [1.29, 1.82) is 0 Å². The van der Waals surface area contributed by atoms with Crippen molar-refractivity contribution in [3.05, 3.63) is 53.5 Å². The van der Waals surface area contributed by atoms with Gasteiger partial charge in [0.1, 0.15) is 0 Å². The summed E-state index contributed by atoms with van der Waals surface area (Å²) in [4.78, 5) is 2.58. The standard InChI is InChI=1S/C23H25F3N4O2S3/c1-15-11-16(2)14-29(13-15)22(33-3)28-35(31,32)18-8-6-17(7-9-18)30-19(20-5-4-10-34-20)12-21(27-30)23(24,25)26/h4-10,12,15-16H,11,13-14H2,1-3H3/t15-,16-/m0/s1. The van der Waals surface area contributed by atoms with Gasteiger partial charge in [0.05, 0.1) is 21.2 Å². The second-order valence-electron chi connectivity index (χ2n) is 8.70. The van der Waals surface area contributed by atoms with E-state index in [1.54, 1.807) is 23.8 Å². The Bertz CT molecular complexity index is 1290. The van der Waals surface area contributed by atoms with Gasteiger partial charge in [-0.2, -0.15) is 26.7 Å². The lowest BCUT2D eigenvalue weighted by molar-refractivity contribution is -0.141. The predicted molar refractivity (Wildman–Crippen MR) is 135 cm³/mol. The van der Waals surface area contributed by atoms with Crippen molar-refractivity contribution < 1.29 is 21.6 Å².